The summed E-state index contributed by atoms with van der Waals surface area (Å²) in [5.41, 5.74) is 0. The molecule has 1 unspecified atom stereocenters. The highest BCUT2D eigenvalue weighted by molar-refractivity contribution is 7.11. The van der Waals surface area contributed by atoms with Crippen molar-refractivity contribution in [3.63, 3.8) is 0 Å². The van der Waals surface area contributed by atoms with E-state index in [0.29, 0.717) is 5.01 Å². The molecule has 0 saturated carbocycles. The maximum absolute atomic E-state index is 12.0. The van der Waals surface area contributed by atoms with E-state index >= 15 is 0 Å². The first-order chi connectivity index (χ1) is 6.96. The van der Waals surface area contributed by atoms with Gasteiger partial charge in [-0.25, -0.2) is 0 Å². The molecule has 0 aliphatic carbocycles. The van der Waals surface area contributed by atoms with E-state index in [2.05, 4.69) is 15.5 Å². The third-order valence-electron chi connectivity index (χ3n) is 1.89. The van der Waals surface area contributed by atoms with Crippen LogP contribution < -0.4 is 5.32 Å². The van der Waals surface area contributed by atoms with Gasteiger partial charge in [0.05, 0.1) is 12.5 Å². The molecule has 15 heavy (non-hydrogen) atoms. The molecule has 3 nitrogen and oxygen atoms in total. The molecular weight excluding hydrogens is 227 g/mol. The Labute approximate surface area is 89.7 Å². The Bertz CT molecular complexity index is 306. The zero-order valence-corrected chi connectivity index (χ0v) is 9.24. The first kappa shape index (κ1) is 12.4. The second-order valence-corrected chi connectivity index (χ2v) is 4.17. The number of aromatic nitrogens is 2. The third kappa shape index (κ3) is 3.75. The molecule has 86 valence electrons. The molecule has 7 heteroatoms. The van der Waals surface area contributed by atoms with Crippen molar-refractivity contribution in [3.8, 4) is 0 Å². The smallest absolute Gasteiger partial charge is 0.311 e. The second-order valence-electron chi connectivity index (χ2n) is 3.08. The molecule has 1 atom stereocenters. The Morgan fingerprint density at radius 3 is 2.53 bits per heavy atom. The number of hydrogen-bond acceptors (Lipinski definition) is 4. The van der Waals surface area contributed by atoms with Gasteiger partial charge in [0.15, 0.2) is 0 Å². The van der Waals surface area contributed by atoms with Crippen LogP contribution in [0.25, 0.3) is 0 Å². The molecule has 0 bridgehead atoms. The molecule has 0 amide bonds. The molecule has 0 fully saturated rings. The summed E-state index contributed by atoms with van der Waals surface area (Å²) in [6.07, 6.45) is -4.43. The fourth-order valence-corrected chi connectivity index (χ4v) is 2.22. The van der Waals surface area contributed by atoms with Gasteiger partial charge in [0, 0.05) is 0 Å². The van der Waals surface area contributed by atoms with Gasteiger partial charge < -0.3 is 5.32 Å². The second kappa shape index (κ2) is 4.89. The van der Waals surface area contributed by atoms with Gasteiger partial charge in [-0.1, -0.05) is 18.3 Å². The molecule has 1 heterocycles. The highest BCUT2D eigenvalue weighted by Gasteiger charge is 2.30. The summed E-state index contributed by atoms with van der Waals surface area (Å²) in [5.74, 6) is 0. The zero-order valence-electron chi connectivity index (χ0n) is 8.43. The topological polar surface area (TPSA) is 37.8 Å². The SMILES string of the molecule is CCC(NC)c1nnc(CC(F)(F)F)s1. The number of alkyl halides is 3. The largest absolute Gasteiger partial charge is 0.395 e. The fraction of sp³-hybridized carbons (Fsp3) is 0.750. The van der Waals surface area contributed by atoms with Gasteiger partial charge in [0.25, 0.3) is 0 Å². The standard InChI is InChI=1S/C8H12F3N3S/c1-3-5(12-2)7-14-13-6(15-7)4-8(9,10)11/h5,12H,3-4H2,1-2H3. The Balaban J connectivity index is 2.71. The van der Waals surface area contributed by atoms with E-state index in [9.17, 15) is 13.2 Å². The number of halogens is 3. The van der Waals surface area contributed by atoms with Crippen LogP contribution in [-0.4, -0.2) is 23.4 Å². The van der Waals surface area contributed by atoms with Crippen molar-refractivity contribution in [2.45, 2.75) is 32.0 Å². The first-order valence-electron chi connectivity index (χ1n) is 4.52. The minimum atomic E-state index is -4.21. The molecule has 0 saturated heterocycles. The van der Waals surface area contributed by atoms with Gasteiger partial charge >= 0.3 is 6.18 Å². The van der Waals surface area contributed by atoms with Crippen LogP contribution >= 0.6 is 11.3 Å². The first-order valence-corrected chi connectivity index (χ1v) is 5.34. The number of nitrogens with one attached hydrogen (secondary N) is 1. The summed E-state index contributed by atoms with van der Waals surface area (Å²) in [7, 11) is 1.75. The van der Waals surface area contributed by atoms with Crippen LogP contribution in [0.4, 0.5) is 13.2 Å². The lowest BCUT2D eigenvalue weighted by molar-refractivity contribution is -0.127. The Hall–Kier alpha value is -0.690. The van der Waals surface area contributed by atoms with Crippen LogP contribution in [0.2, 0.25) is 0 Å². The van der Waals surface area contributed by atoms with Crippen LogP contribution in [0.3, 0.4) is 0 Å². The molecule has 0 aliphatic heterocycles. The van der Waals surface area contributed by atoms with Gasteiger partial charge in [-0.05, 0) is 13.5 Å². The summed E-state index contributed by atoms with van der Waals surface area (Å²) in [6, 6.07) is -0.00974. The minimum absolute atomic E-state index is 0.00974. The van der Waals surface area contributed by atoms with Gasteiger partial charge in [-0.15, -0.1) is 10.2 Å². The normalized spacial score (nSPS) is 14.2. The van der Waals surface area contributed by atoms with Crippen molar-refractivity contribution in [2.24, 2.45) is 0 Å². The molecule has 0 aliphatic rings. The van der Waals surface area contributed by atoms with E-state index < -0.39 is 12.6 Å². The maximum Gasteiger partial charge on any atom is 0.395 e. The number of hydrogen-bond donors (Lipinski definition) is 1. The summed E-state index contributed by atoms with van der Waals surface area (Å²) in [6.45, 7) is 1.94. The Kier molecular flexibility index (Phi) is 4.04. The predicted molar refractivity (Wildman–Crippen MR) is 51.8 cm³/mol. The van der Waals surface area contributed by atoms with Crippen molar-refractivity contribution < 1.29 is 13.2 Å². The zero-order chi connectivity index (χ0) is 11.5. The van der Waals surface area contributed by atoms with Crippen molar-refractivity contribution in [1.82, 2.24) is 15.5 Å². The molecule has 0 aromatic carbocycles. The monoisotopic (exact) mass is 239 g/mol. The lowest BCUT2D eigenvalue weighted by Gasteiger charge is -2.08. The molecule has 0 spiro atoms. The highest BCUT2D eigenvalue weighted by Crippen LogP contribution is 2.26. The van der Waals surface area contributed by atoms with Crippen LogP contribution in [0.5, 0.6) is 0 Å². The van der Waals surface area contributed by atoms with Gasteiger partial charge in [0.2, 0.25) is 0 Å². The van der Waals surface area contributed by atoms with Gasteiger partial charge in [0.1, 0.15) is 10.0 Å². The molecular formula is C8H12F3N3S. The van der Waals surface area contributed by atoms with E-state index in [-0.39, 0.29) is 11.0 Å². The van der Waals surface area contributed by atoms with Gasteiger partial charge in [-0.2, -0.15) is 13.2 Å². The van der Waals surface area contributed by atoms with Gasteiger partial charge in [-0.3, -0.25) is 0 Å². The lowest BCUT2D eigenvalue weighted by Crippen LogP contribution is -2.14. The van der Waals surface area contributed by atoms with Crippen molar-refractivity contribution in [2.75, 3.05) is 7.05 Å². The van der Waals surface area contributed by atoms with Crippen molar-refractivity contribution >= 4 is 11.3 Å². The van der Waals surface area contributed by atoms with Crippen LogP contribution in [-0.2, 0) is 6.42 Å². The summed E-state index contributed by atoms with van der Waals surface area (Å²) in [4.78, 5) is 0. The lowest BCUT2D eigenvalue weighted by atomic mass is 10.2. The third-order valence-corrected chi connectivity index (χ3v) is 2.93. The Morgan fingerprint density at radius 2 is 2.07 bits per heavy atom. The van der Waals surface area contributed by atoms with Crippen LogP contribution in [0.15, 0.2) is 0 Å². The fourth-order valence-electron chi connectivity index (χ4n) is 1.15. The quantitative estimate of drug-likeness (QED) is 0.876. The molecule has 1 rings (SSSR count). The average Bonchev–Trinajstić information content (AvgIpc) is 2.52. The van der Waals surface area contributed by atoms with Crippen LogP contribution in [0.1, 0.15) is 29.4 Å². The van der Waals surface area contributed by atoms with E-state index in [1.165, 1.54) is 0 Å². The van der Waals surface area contributed by atoms with E-state index in [1.54, 1.807) is 7.05 Å². The summed E-state index contributed by atoms with van der Waals surface area (Å²) >= 11 is 1.01. The maximum atomic E-state index is 12.0. The van der Waals surface area contributed by atoms with Crippen molar-refractivity contribution in [3.05, 3.63) is 10.0 Å². The molecule has 0 radical (unpaired) electrons. The average molecular weight is 239 g/mol. The number of nitrogens with zero attached hydrogens (tertiary/aromatic N) is 2. The van der Waals surface area contributed by atoms with E-state index in [1.807, 2.05) is 6.92 Å². The summed E-state index contributed by atoms with van der Waals surface area (Å²) < 4.78 is 36.1. The number of rotatable bonds is 4. The Morgan fingerprint density at radius 1 is 1.40 bits per heavy atom. The van der Waals surface area contributed by atoms with E-state index in [0.717, 1.165) is 17.8 Å². The van der Waals surface area contributed by atoms with Crippen molar-refractivity contribution in [1.29, 1.82) is 0 Å². The minimum Gasteiger partial charge on any atom is -0.311 e. The predicted octanol–water partition coefficient (Wildman–Crippen LogP) is 2.31. The molecule has 1 N–H and O–H groups in total. The van der Waals surface area contributed by atoms with E-state index in [4.69, 9.17) is 0 Å². The molecule has 1 aromatic heterocycles. The molecule has 1 aromatic rings. The van der Waals surface area contributed by atoms with Crippen LogP contribution in [0, 0.1) is 0 Å². The summed E-state index contributed by atoms with van der Waals surface area (Å²) in [5, 5.41) is 10.9. The highest BCUT2D eigenvalue weighted by atomic mass is 32.1.